The molecule has 2 unspecified atom stereocenters. The van der Waals surface area contributed by atoms with Crippen LogP contribution in [-0.4, -0.2) is 52.7 Å². The molecule has 4 nitrogen and oxygen atoms in total. The maximum absolute atomic E-state index is 12.5. The van der Waals surface area contributed by atoms with Crippen LogP contribution in [0.3, 0.4) is 0 Å². The Bertz CT molecular complexity index is 434. The summed E-state index contributed by atoms with van der Waals surface area (Å²) in [4.78, 5) is 14.4. The second-order valence-electron chi connectivity index (χ2n) is 5.91. The third-order valence-corrected chi connectivity index (χ3v) is 3.60. The number of carbonyl (C=O) groups excluding carboxylic acids is 1. The summed E-state index contributed by atoms with van der Waals surface area (Å²) in [7, 11) is 0. The molecule has 104 valence electrons. The van der Waals surface area contributed by atoms with Crippen LogP contribution >= 0.6 is 0 Å². The van der Waals surface area contributed by atoms with Gasteiger partial charge in [-0.05, 0) is 0 Å². The molecule has 0 amide bonds. The number of hydrogen-bond donors (Lipinski definition) is 2. The Kier molecular flexibility index (Phi) is 4.04. The molecule has 0 bridgehead atoms. The van der Waals surface area contributed by atoms with Crippen molar-refractivity contribution in [3.05, 3.63) is 35.9 Å². The lowest BCUT2D eigenvalue weighted by Gasteiger charge is -2.28. The molecule has 0 aliphatic carbocycles. The van der Waals surface area contributed by atoms with Crippen LogP contribution in [0.1, 0.15) is 24.2 Å². The fourth-order valence-electron chi connectivity index (χ4n) is 2.59. The summed E-state index contributed by atoms with van der Waals surface area (Å²) in [5, 5.41) is 19.1. The Morgan fingerprint density at radius 1 is 1.21 bits per heavy atom. The molecular formula is C15H21NO3. The number of aliphatic hydroxyl groups excluding tert-OH is 2. The highest BCUT2D eigenvalue weighted by atomic mass is 16.3. The highest BCUT2D eigenvalue weighted by Crippen LogP contribution is 2.25. The summed E-state index contributed by atoms with van der Waals surface area (Å²) in [6, 6.07) is 9.23. The summed E-state index contributed by atoms with van der Waals surface area (Å²) < 4.78 is 0. The third-order valence-electron chi connectivity index (χ3n) is 3.60. The van der Waals surface area contributed by atoms with E-state index in [1.165, 1.54) is 0 Å². The van der Waals surface area contributed by atoms with Crippen molar-refractivity contribution in [1.82, 2.24) is 4.90 Å². The van der Waals surface area contributed by atoms with Crippen molar-refractivity contribution >= 4 is 5.78 Å². The number of likely N-dealkylation sites (tertiary alicyclic amines) is 1. The maximum Gasteiger partial charge on any atom is 0.169 e. The molecule has 0 aromatic heterocycles. The summed E-state index contributed by atoms with van der Waals surface area (Å²) in [6.45, 7) is 5.19. The monoisotopic (exact) mass is 263 g/mol. The van der Waals surface area contributed by atoms with Crippen molar-refractivity contribution in [2.75, 3.05) is 19.6 Å². The Morgan fingerprint density at radius 3 is 2.26 bits per heavy atom. The van der Waals surface area contributed by atoms with Gasteiger partial charge in [0.25, 0.3) is 0 Å². The van der Waals surface area contributed by atoms with Crippen molar-refractivity contribution in [2.45, 2.75) is 26.1 Å². The van der Waals surface area contributed by atoms with E-state index in [1.54, 1.807) is 0 Å². The van der Waals surface area contributed by atoms with Crippen LogP contribution in [0.25, 0.3) is 0 Å². The highest BCUT2D eigenvalue weighted by Gasteiger charge is 2.36. The minimum atomic E-state index is -0.706. The second kappa shape index (κ2) is 5.41. The van der Waals surface area contributed by atoms with Gasteiger partial charge in [-0.3, -0.25) is 9.69 Å². The SMILES string of the molecule is CC(C)(CN1CC(O)C(O)C1)C(=O)c1ccccc1. The van der Waals surface area contributed by atoms with Gasteiger partial charge in [0.1, 0.15) is 0 Å². The van der Waals surface area contributed by atoms with E-state index in [1.807, 2.05) is 49.1 Å². The first-order chi connectivity index (χ1) is 8.90. The molecule has 1 saturated heterocycles. The number of carbonyl (C=O) groups is 1. The van der Waals surface area contributed by atoms with Crippen LogP contribution in [0.15, 0.2) is 30.3 Å². The Labute approximate surface area is 113 Å². The van der Waals surface area contributed by atoms with Crippen LogP contribution in [-0.2, 0) is 0 Å². The Balaban J connectivity index is 2.04. The number of rotatable bonds is 4. The fraction of sp³-hybridized carbons (Fsp3) is 0.533. The first-order valence-corrected chi connectivity index (χ1v) is 6.58. The summed E-state index contributed by atoms with van der Waals surface area (Å²) in [6.07, 6.45) is -1.41. The zero-order valence-corrected chi connectivity index (χ0v) is 11.4. The Morgan fingerprint density at radius 2 is 1.74 bits per heavy atom. The van der Waals surface area contributed by atoms with E-state index in [2.05, 4.69) is 0 Å². The molecule has 2 atom stereocenters. The van der Waals surface area contributed by atoms with Gasteiger partial charge in [-0.1, -0.05) is 44.2 Å². The molecule has 1 fully saturated rings. The molecule has 0 radical (unpaired) electrons. The maximum atomic E-state index is 12.5. The number of nitrogens with zero attached hydrogens (tertiary/aromatic N) is 1. The fourth-order valence-corrected chi connectivity index (χ4v) is 2.59. The lowest BCUT2D eigenvalue weighted by atomic mass is 9.84. The number of aliphatic hydroxyl groups is 2. The summed E-state index contributed by atoms with van der Waals surface area (Å²) >= 11 is 0. The predicted molar refractivity (Wildman–Crippen MR) is 73.0 cm³/mol. The van der Waals surface area contributed by atoms with Crippen molar-refractivity contribution in [3.63, 3.8) is 0 Å². The van der Waals surface area contributed by atoms with Gasteiger partial charge in [0.2, 0.25) is 0 Å². The van der Waals surface area contributed by atoms with E-state index in [-0.39, 0.29) is 5.78 Å². The normalized spacial score (nSPS) is 24.6. The number of hydrogen-bond acceptors (Lipinski definition) is 4. The van der Waals surface area contributed by atoms with E-state index < -0.39 is 17.6 Å². The molecule has 2 N–H and O–H groups in total. The topological polar surface area (TPSA) is 60.8 Å². The van der Waals surface area contributed by atoms with Crippen LogP contribution in [0.2, 0.25) is 0 Å². The third kappa shape index (κ3) is 3.21. The number of benzene rings is 1. The van der Waals surface area contributed by atoms with E-state index >= 15 is 0 Å². The first-order valence-electron chi connectivity index (χ1n) is 6.58. The van der Waals surface area contributed by atoms with Crippen molar-refractivity contribution < 1.29 is 15.0 Å². The van der Waals surface area contributed by atoms with Gasteiger partial charge < -0.3 is 10.2 Å². The predicted octanol–water partition coefficient (Wildman–Crippen LogP) is 0.933. The zero-order chi connectivity index (χ0) is 14.0. The lowest BCUT2D eigenvalue weighted by Crippen LogP contribution is -2.38. The minimum absolute atomic E-state index is 0.0870. The molecule has 1 heterocycles. The summed E-state index contributed by atoms with van der Waals surface area (Å²) in [5.41, 5.74) is 0.165. The average molecular weight is 263 g/mol. The van der Waals surface area contributed by atoms with Crippen molar-refractivity contribution in [1.29, 1.82) is 0 Å². The van der Waals surface area contributed by atoms with Gasteiger partial charge in [-0.25, -0.2) is 0 Å². The van der Waals surface area contributed by atoms with Crippen molar-refractivity contribution in [2.24, 2.45) is 5.41 Å². The molecule has 1 aromatic rings. The van der Waals surface area contributed by atoms with E-state index in [0.717, 1.165) is 0 Å². The minimum Gasteiger partial charge on any atom is -0.389 e. The highest BCUT2D eigenvalue weighted by molar-refractivity contribution is 6.00. The van der Waals surface area contributed by atoms with E-state index in [4.69, 9.17) is 0 Å². The molecule has 1 aliphatic heterocycles. The quantitative estimate of drug-likeness (QED) is 0.794. The van der Waals surface area contributed by atoms with Gasteiger partial charge in [-0.2, -0.15) is 0 Å². The van der Waals surface area contributed by atoms with Crippen LogP contribution in [0.4, 0.5) is 0 Å². The molecule has 1 aliphatic rings. The van der Waals surface area contributed by atoms with Crippen LogP contribution in [0.5, 0.6) is 0 Å². The van der Waals surface area contributed by atoms with Gasteiger partial charge in [0.05, 0.1) is 12.2 Å². The summed E-state index contributed by atoms with van der Waals surface area (Å²) in [5.74, 6) is 0.0870. The lowest BCUT2D eigenvalue weighted by molar-refractivity contribution is 0.0572. The second-order valence-corrected chi connectivity index (χ2v) is 5.91. The van der Waals surface area contributed by atoms with E-state index in [0.29, 0.717) is 25.2 Å². The van der Waals surface area contributed by atoms with Gasteiger partial charge in [0, 0.05) is 30.6 Å². The molecular weight excluding hydrogens is 242 g/mol. The van der Waals surface area contributed by atoms with Gasteiger partial charge in [0.15, 0.2) is 5.78 Å². The number of ketones is 1. The Hall–Kier alpha value is -1.23. The largest absolute Gasteiger partial charge is 0.389 e. The molecule has 19 heavy (non-hydrogen) atoms. The van der Waals surface area contributed by atoms with Gasteiger partial charge in [-0.15, -0.1) is 0 Å². The van der Waals surface area contributed by atoms with Crippen molar-refractivity contribution in [3.8, 4) is 0 Å². The number of Topliss-reactive ketones (excluding diaryl/α,β-unsaturated/α-hetero) is 1. The average Bonchev–Trinajstić information content (AvgIpc) is 2.67. The molecule has 1 aromatic carbocycles. The molecule has 0 saturated carbocycles. The van der Waals surface area contributed by atoms with Crippen LogP contribution < -0.4 is 0 Å². The zero-order valence-electron chi connectivity index (χ0n) is 11.4. The van der Waals surface area contributed by atoms with Crippen LogP contribution in [0, 0.1) is 5.41 Å². The number of β-amino-alcohol motifs (C(OH)–C–C–N with tert-alkyl or cyclic N) is 2. The van der Waals surface area contributed by atoms with E-state index in [9.17, 15) is 15.0 Å². The molecule has 4 heteroatoms. The first kappa shape index (κ1) is 14.2. The molecule has 0 spiro atoms. The molecule has 2 rings (SSSR count). The van der Waals surface area contributed by atoms with Gasteiger partial charge >= 0.3 is 0 Å². The smallest absolute Gasteiger partial charge is 0.169 e. The standard InChI is InChI=1S/C15H21NO3/c1-15(2,10-16-8-12(17)13(18)9-16)14(19)11-6-4-3-5-7-11/h3-7,12-13,17-18H,8-10H2,1-2H3.